The van der Waals surface area contributed by atoms with Gasteiger partial charge in [-0.25, -0.2) is 0 Å². The molecule has 0 spiro atoms. The Hall–Kier alpha value is -1.96. The summed E-state index contributed by atoms with van der Waals surface area (Å²) >= 11 is 0. The van der Waals surface area contributed by atoms with Gasteiger partial charge in [-0.2, -0.15) is 0 Å². The molecule has 0 amide bonds. The molecule has 0 heterocycles. The van der Waals surface area contributed by atoms with Crippen LogP contribution in [-0.4, -0.2) is 7.11 Å². The van der Waals surface area contributed by atoms with Gasteiger partial charge in [0.15, 0.2) is 0 Å². The Labute approximate surface area is 102 Å². The van der Waals surface area contributed by atoms with Gasteiger partial charge in [-0.05, 0) is 48.2 Å². The van der Waals surface area contributed by atoms with E-state index in [2.05, 4.69) is 25.1 Å². The van der Waals surface area contributed by atoms with Crippen molar-refractivity contribution in [2.45, 2.75) is 13.3 Å². The first-order valence-electron chi connectivity index (χ1n) is 5.67. The maximum atomic E-state index is 5.95. The van der Waals surface area contributed by atoms with Crippen molar-refractivity contribution in [1.29, 1.82) is 0 Å². The lowest BCUT2D eigenvalue weighted by Crippen LogP contribution is -1.97. The summed E-state index contributed by atoms with van der Waals surface area (Å²) in [6.07, 6.45) is 0.864. The quantitative estimate of drug-likeness (QED) is 0.817. The number of hydrogen-bond acceptors (Lipinski definition) is 2. The molecule has 0 saturated carbocycles. The summed E-state index contributed by atoms with van der Waals surface area (Å²) < 4.78 is 5.20. The molecule has 2 N–H and O–H groups in total. The molecule has 17 heavy (non-hydrogen) atoms. The van der Waals surface area contributed by atoms with E-state index < -0.39 is 0 Å². The minimum absolute atomic E-state index is 0.850. The van der Waals surface area contributed by atoms with Crippen LogP contribution >= 0.6 is 0 Å². The first-order valence-corrected chi connectivity index (χ1v) is 5.67. The Kier molecular flexibility index (Phi) is 3.33. The van der Waals surface area contributed by atoms with Crippen LogP contribution in [0.2, 0.25) is 0 Å². The van der Waals surface area contributed by atoms with Gasteiger partial charge in [-0.3, -0.25) is 0 Å². The molecule has 0 aromatic heterocycles. The largest absolute Gasteiger partial charge is 0.497 e. The number of hydrogen-bond donors (Lipinski definition) is 1. The zero-order chi connectivity index (χ0) is 12.3. The zero-order valence-corrected chi connectivity index (χ0v) is 10.2. The van der Waals surface area contributed by atoms with Crippen LogP contribution in [0.25, 0.3) is 0 Å². The van der Waals surface area contributed by atoms with Gasteiger partial charge in [0.25, 0.3) is 0 Å². The molecule has 0 saturated heterocycles. The molecule has 0 unspecified atom stereocenters. The average Bonchev–Trinajstić information content (AvgIpc) is 2.34. The lowest BCUT2D eigenvalue weighted by Gasteiger charge is -2.09. The van der Waals surface area contributed by atoms with Crippen molar-refractivity contribution in [3.63, 3.8) is 0 Å². The Morgan fingerprint density at radius 1 is 1.06 bits per heavy atom. The molecule has 0 atom stereocenters. The van der Waals surface area contributed by atoms with Gasteiger partial charge in [0.2, 0.25) is 0 Å². The third-order valence-corrected chi connectivity index (χ3v) is 2.99. The van der Waals surface area contributed by atoms with Crippen molar-refractivity contribution in [3.8, 4) is 5.75 Å². The number of methoxy groups -OCH3 is 1. The molecule has 2 heteroatoms. The number of nitrogens with two attached hydrogens (primary N) is 1. The van der Waals surface area contributed by atoms with E-state index in [1.165, 1.54) is 16.7 Å². The van der Waals surface area contributed by atoms with Crippen LogP contribution in [0.15, 0.2) is 42.5 Å². The average molecular weight is 227 g/mol. The molecule has 0 aliphatic rings. The molecule has 2 aromatic rings. The van der Waals surface area contributed by atoms with Crippen molar-refractivity contribution in [3.05, 3.63) is 59.2 Å². The first-order chi connectivity index (χ1) is 8.20. The summed E-state index contributed by atoms with van der Waals surface area (Å²) in [6, 6.07) is 14.1. The highest BCUT2D eigenvalue weighted by Gasteiger charge is 2.04. The third-order valence-electron chi connectivity index (χ3n) is 2.99. The summed E-state index contributed by atoms with van der Waals surface area (Å²) in [7, 11) is 1.68. The molecule has 2 rings (SSSR count). The monoisotopic (exact) mass is 227 g/mol. The van der Waals surface area contributed by atoms with Gasteiger partial charge < -0.3 is 10.5 Å². The lowest BCUT2D eigenvalue weighted by molar-refractivity contribution is 0.414. The Bertz CT molecular complexity index is 520. The van der Waals surface area contributed by atoms with Gasteiger partial charge in [0, 0.05) is 5.69 Å². The van der Waals surface area contributed by atoms with Crippen LogP contribution in [0.3, 0.4) is 0 Å². The summed E-state index contributed by atoms with van der Waals surface area (Å²) in [4.78, 5) is 0. The molecular formula is C15H17NO. The van der Waals surface area contributed by atoms with Crippen molar-refractivity contribution < 1.29 is 4.74 Å². The fraction of sp³-hybridized carbons (Fsp3) is 0.200. The normalized spacial score (nSPS) is 10.2. The molecule has 0 aliphatic heterocycles. The number of para-hydroxylation sites is 1. The Morgan fingerprint density at radius 2 is 1.82 bits per heavy atom. The fourth-order valence-electron chi connectivity index (χ4n) is 1.89. The van der Waals surface area contributed by atoms with Crippen LogP contribution in [-0.2, 0) is 6.42 Å². The van der Waals surface area contributed by atoms with E-state index in [1.807, 2.05) is 24.3 Å². The van der Waals surface area contributed by atoms with E-state index >= 15 is 0 Å². The summed E-state index contributed by atoms with van der Waals surface area (Å²) in [5.41, 5.74) is 10.5. The van der Waals surface area contributed by atoms with Gasteiger partial charge in [-0.1, -0.05) is 24.3 Å². The highest BCUT2D eigenvalue weighted by atomic mass is 16.5. The number of rotatable bonds is 3. The predicted octanol–water partition coefficient (Wildman–Crippen LogP) is 3.18. The van der Waals surface area contributed by atoms with Crippen molar-refractivity contribution in [2.24, 2.45) is 0 Å². The predicted molar refractivity (Wildman–Crippen MR) is 71.4 cm³/mol. The Balaban J connectivity index is 2.28. The van der Waals surface area contributed by atoms with E-state index in [4.69, 9.17) is 10.5 Å². The van der Waals surface area contributed by atoms with Crippen LogP contribution in [0.4, 0.5) is 5.69 Å². The van der Waals surface area contributed by atoms with E-state index in [9.17, 15) is 0 Å². The number of benzene rings is 2. The topological polar surface area (TPSA) is 35.2 Å². The maximum Gasteiger partial charge on any atom is 0.119 e. The van der Waals surface area contributed by atoms with Crippen LogP contribution < -0.4 is 10.5 Å². The van der Waals surface area contributed by atoms with E-state index in [-0.39, 0.29) is 0 Å². The minimum Gasteiger partial charge on any atom is -0.497 e. The lowest BCUT2D eigenvalue weighted by atomic mass is 9.99. The van der Waals surface area contributed by atoms with Gasteiger partial charge in [-0.15, -0.1) is 0 Å². The van der Waals surface area contributed by atoms with Crippen molar-refractivity contribution in [1.82, 2.24) is 0 Å². The number of aryl methyl sites for hydroxylation is 1. The van der Waals surface area contributed by atoms with E-state index in [0.717, 1.165) is 17.9 Å². The maximum absolute atomic E-state index is 5.95. The molecule has 0 radical (unpaired) electrons. The number of nitrogen functional groups attached to an aromatic ring is 1. The molecular weight excluding hydrogens is 210 g/mol. The SMILES string of the molecule is COc1ccc(Cc2ccccc2N)c(C)c1. The fourth-order valence-corrected chi connectivity index (χ4v) is 1.89. The first kappa shape index (κ1) is 11.5. The Morgan fingerprint density at radius 3 is 2.47 bits per heavy atom. The molecule has 2 nitrogen and oxygen atoms in total. The smallest absolute Gasteiger partial charge is 0.119 e. The van der Waals surface area contributed by atoms with Gasteiger partial charge >= 0.3 is 0 Å². The second-order valence-electron chi connectivity index (χ2n) is 4.17. The van der Waals surface area contributed by atoms with Crippen molar-refractivity contribution >= 4 is 5.69 Å². The van der Waals surface area contributed by atoms with E-state index in [0.29, 0.717) is 0 Å². The van der Waals surface area contributed by atoms with Crippen LogP contribution in [0, 0.1) is 6.92 Å². The third kappa shape index (κ3) is 2.59. The van der Waals surface area contributed by atoms with Crippen LogP contribution in [0.1, 0.15) is 16.7 Å². The highest BCUT2D eigenvalue weighted by Crippen LogP contribution is 2.21. The van der Waals surface area contributed by atoms with Crippen molar-refractivity contribution in [2.75, 3.05) is 12.8 Å². The number of ether oxygens (including phenoxy) is 1. The summed E-state index contributed by atoms with van der Waals surface area (Å²) in [5.74, 6) is 0.896. The minimum atomic E-state index is 0.850. The summed E-state index contributed by atoms with van der Waals surface area (Å²) in [6.45, 7) is 2.09. The molecule has 2 aromatic carbocycles. The molecule has 88 valence electrons. The second kappa shape index (κ2) is 4.91. The van der Waals surface area contributed by atoms with E-state index in [1.54, 1.807) is 7.11 Å². The van der Waals surface area contributed by atoms with Gasteiger partial charge in [0.05, 0.1) is 7.11 Å². The standard InChI is InChI=1S/C15H17NO/c1-11-9-14(17-2)8-7-12(11)10-13-5-3-4-6-15(13)16/h3-9H,10,16H2,1-2H3. The number of anilines is 1. The van der Waals surface area contributed by atoms with Crippen LogP contribution in [0.5, 0.6) is 5.75 Å². The highest BCUT2D eigenvalue weighted by molar-refractivity contribution is 5.49. The molecule has 0 aliphatic carbocycles. The molecule has 0 fully saturated rings. The zero-order valence-electron chi connectivity index (χ0n) is 10.2. The second-order valence-corrected chi connectivity index (χ2v) is 4.17. The van der Waals surface area contributed by atoms with Gasteiger partial charge in [0.1, 0.15) is 5.75 Å². The summed E-state index contributed by atoms with van der Waals surface area (Å²) in [5, 5.41) is 0. The molecule has 0 bridgehead atoms.